The maximum atomic E-state index is 13.6. The predicted molar refractivity (Wildman–Crippen MR) is 92.0 cm³/mol. The summed E-state index contributed by atoms with van der Waals surface area (Å²) in [7, 11) is 0. The second-order valence-electron chi connectivity index (χ2n) is 6.12. The van der Waals surface area contributed by atoms with Gasteiger partial charge in [0.1, 0.15) is 5.82 Å². The summed E-state index contributed by atoms with van der Waals surface area (Å²) in [5.74, 6) is 0.942. The third kappa shape index (κ3) is 3.21. The van der Waals surface area contributed by atoms with Gasteiger partial charge in [0, 0.05) is 17.5 Å². The van der Waals surface area contributed by atoms with E-state index in [1.165, 1.54) is 27.1 Å². The smallest absolute Gasteiger partial charge is 0.123 e. The second-order valence-corrected chi connectivity index (χ2v) is 7.25. The van der Waals surface area contributed by atoms with Gasteiger partial charge in [0.2, 0.25) is 0 Å². The summed E-state index contributed by atoms with van der Waals surface area (Å²) >= 11 is 1.82. The fourth-order valence-corrected chi connectivity index (χ4v) is 4.13. The predicted octanol–water partition coefficient (Wildman–Crippen LogP) is 5.08. The van der Waals surface area contributed by atoms with Crippen LogP contribution < -0.4 is 5.32 Å². The van der Waals surface area contributed by atoms with E-state index < -0.39 is 0 Å². The molecule has 0 radical (unpaired) electrons. The molecule has 1 unspecified atom stereocenters. The van der Waals surface area contributed by atoms with Crippen molar-refractivity contribution >= 4 is 11.8 Å². The summed E-state index contributed by atoms with van der Waals surface area (Å²) < 4.78 is 13.6. The molecule has 1 aliphatic heterocycles. The molecular formula is C19H22FNS. The van der Waals surface area contributed by atoms with Crippen LogP contribution in [0.2, 0.25) is 0 Å². The Morgan fingerprint density at radius 3 is 2.68 bits per heavy atom. The summed E-state index contributed by atoms with van der Waals surface area (Å²) in [6.07, 6.45) is 1.05. The maximum Gasteiger partial charge on any atom is 0.123 e. The summed E-state index contributed by atoms with van der Waals surface area (Å²) in [6.45, 7) is 7.29. The second kappa shape index (κ2) is 6.43. The van der Waals surface area contributed by atoms with Gasteiger partial charge in [-0.1, -0.05) is 12.1 Å². The van der Waals surface area contributed by atoms with Crippen LogP contribution in [0.5, 0.6) is 0 Å². The summed E-state index contributed by atoms with van der Waals surface area (Å²) in [5.41, 5.74) is 6.42. The largest absolute Gasteiger partial charge is 0.306 e. The molecule has 0 saturated heterocycles. The average molecular weight is 315 g/mol. The first-order valence-electron chi connectivity index (χ1n) is 7.77. The lowest BCUT2D eigenvalue weighted by molar-refractivity contribution is 0.503. The molecule has 2 aromatic carbocycles. The fraction of sp³-hybridized carbons (Fsp3) is 0.368. The van der Waals surface area contributed by atoms with Crippen molar-refractivity contribution < 1.29 is 4.39 Å². The van der Waals surface area contributed by atoms with Gasteiger partial charge in [0.15, 0.2) is 0 Å². The highest BCUT2D eigenvalue weighted by Gasteiger charge is 2.21. The molecule has 1 aliphatic rings. The van der Waals surface area contributed by atoms with E-state index in [4.69, 9.17) is 0 Å². The van der Waals surface area contributed by atoms with Gasteiger partial charge in [-0.2, -0.15) is 0 Å². The van der Waals surface area contributed by atoms with Gasteiger partial charge in [0.05, 0.1) is 0 Å². The minimum Gasteiger partial charge on any atom is -0.306 e. The van der Waals surface area contributed by atoms with Gasteiger partial charge in [0.25, 0.3) is 0 Å². The first-order chi connectivity index (χ1) is 10.5. The van der Waals surface area contributed by atoms with Gasteiger partial charge in [-0.15, -0.1) is 11.8 Å². The average Bonchev–Trinajstić information content (AvgIpc) is 2.49. The number of thioether (sulfide) groups is 1. The van der Waals surface area contributed by atoms with E-state index in [9.17, 15) is 4.39 Å². The Bertz CT molecular complexity index is 696. The highest BCUT2D eigenvalue weighted by Crippen LogP contribution is 2.36. The van der Waals surface area contributed by atoms with E-state index in [0.29, 0.717) is 0 Å². The van der Waals surface area contributed by atoms with Crippen LogP contribution in [0.3, 0.4) is 0 Å². The molecule has 3 rings (SSSR count). The van der Waals surface area contributed by atoms with Crippen LogP contribution in [-0.2, 0) is 6.54 Å². The van der Waals surface area contributed by atoms with Crippen LogP contribution in [0.4, 0.5) is 4.39 Å². The number of halogens is 1. The van der Waals surface area contributed by atoms with Gasteiger partial charge >= 0.3 is 0 Å². The van der Waals surface area contributed by atoms with Crippen LogP contribution in [0.15, 0.2) is 35.2 Å². The van der Waals surface area contributed by atoms with Gasteiger partial charge < -0.3 is 5.32 Å². The zero-order chi connectivity index (χ0) is 15.7. The molecule has 0 bridgehead atoms. The molecule has 0 spiro atoms. The first-order valence-corrected chi connectivity index (χ1v) is 8.75. The van der Waals surface area contributed by atoms with Crippen molar-refractivity contribution in [2.75, 3.05) is 5.75 Å². The number of rotatable bonds is 3. The molecular weight excluding hydrogens is 293 g/mol. The van der Waals surface area contributed by atoms with Crippen molar-refractivity contribution in [2.45, 2.75) is 44.7 Å². The van der Waals surface area contributed by atoms with Crippen molar-refractivity contribution in [3.63, 3.8) is 0 Å². The fourth-order valence-electron chi connectivity index (χ4n) is 3.02. The monoisotopic (exact) mass is 315 g/mol. The summed E-state index contributed by atoms with van der Waals surface area (Å²) in [4.78, 5) is 1.21. The molecule has 0 amide bonds. The maximum absolute atomic E-state index is 13.6. The van der Waals surface area contributed by atoms with E-state index >= 15 is 0 Å². The van der Waals surface area contributed by atoms with Crippen LogP contribution in [0, 0.1) is 26.6 Å². The molecule has 2 aromatic rings. The van der Waals surface area contributed by atoms with Crippen molar-refractivity contribution in [3.05, 3.63) is 64.0 Å². The number of hydrogen-bond donors (Lipinski definition) is 1. The Morgan fingerprint density at radius 2 is 1.86 bits per heavy atom. The Hall–Kier alpha value is -1.32. The van der Waals surface area contributed by atoms with Crippen LogP contribution >= 0.6 is 11.8 Å². The van der Waals surface area contributed by atoms with Crippen LogP contribution in [-0.4, -0.2) is 5.75 Å². The van der Waals surface area contributed by atoms with Crippen molar-refractivity contribution in [3.8, 4) is 0 Å². The lowest BCUT2D eigenvalue weighted by Gasteiger charge is -2.26. The zero-order valence-electron chi connectivity index (χ0n) is 13.4. The van der Waals surface area contributed by atoms with Crippen LogP contribution in [0.25, 0.3) is 0 Å². The molecule has 1 atom stereocenters. The molecule has 116 valence electrons. The Morgan fingerprint density at radius 1 is 1.09 bits per heavy atom. The number of fused-ring (bicyclic) bond motifs is 1. The third-order valence-electron chi connectivity index (χ3n) is 4.50. The molecule has 22 heavy (non-hydrogen) atoms. The Balaban J connectivity index is 1.78. The third-order valence-corrected chi connectivity index (χ3v) is 5.63. The van der Waals surface area contributed by atoms with Gasteiger partial charge in [-0.3, -0.25) is 0 Å². The Labute approximate surface area is 136 Å². The van der Waals surface area contributed by atoms with Gasteiger partial charge in [-0.05, 0) is 79.0 Å². The summed E-state index contributed by atoms with van der Waals surface area (Å²) in [6, 6.07) is 9.91. The Kier molecular flexibility index (Phi) is 4.55. The van der Waals surface area contributed by atoms with E-state index in [0.717, 1.165) is 24.3 Å². The van der Waals surface area contributed by atoms with Crippen molar-refractivity contribution in [1.29, 1.82) is 0 Å². The van der Waals surface area contributed by atoms with Crippen LogP contribution in [0.1, 0.15) is 40.3 Å². The molecule has 3 heteroatoms. The standard InChI is InChI=1S/C19H22FNS/c1-12-8-14(3)15(9-13(12)2)11-21-18-6-7-22-19-5-4-16(20)10-17(18)19/h4-5,8-10,18,21H,6-7,11H2,1-3H3. The lowest BCUT2D eigenvalue weighted by atomic mass is 9.99. The zero-order valence-corrected chi connectivity index (χ0v) is 14.2. The number of benzene rings is 2. The SMILES string of the molecule is Cc1cc(C)c(CNC2CCSc3ccc(F)cc32)cc1C. The van der Waals surface area contributed by atoms with Crippen molar-refractivity contribution in [1.82, 2.24) is 5.32 Å². The lowest BCUT2D eigenvalue weighted by Crippen LogP contribution is -2.24. The van der Waals surface area contributed by atoms with Gasteiger partial charge in [-0.25, -0.2) is 4.39 Å². The molecule has 1 nitrogen and oxygen atoms in total. The normalized spacial score (nSPS) is 17.4. The summed E-state index contributed by atoms with van der Waals surface area (Å²) in [5, 5.41) is 3.63. The highest BCUT2D eigenvalue weighted by molar-refractivity contribution is 7.99. The van der Waals surface area contributed by atoms with E-state index in [1.807, 2.05) is 17.8 Å². The first kappa shape index (κ1) is 15.6. The molecule has 1 heterocycles. The minimum atomic E-state index is -0.143. The minimum absolute atomic E-state index is 0.143. The molecule has 1 N–H and O–H groups in total. The molecule has 0 aliphatic carbocycles. The molecule has 0 fully saturated rings. The van der Waals surface area contributed by atoms with E-state index in [2.05, 4.69) is 38.2 Å². The molecule has 0 saturated carbocycles. The van der Waals surface area contributed by atoms with Crippen molar-refractivity contribution in [2.24, 2.45) is 0 Å². The molecule has 0 aromatic heterocycles. The number of aryl methyl sites for hydroxylation is 3. The quantitative estimate of drug-likeness (QED) is 0.848. The van der Waals surface area contributed by atoms with E-state index in [-0.39, 0.29) is 11.9 Å². The highest BCUT2D eigenvalue weighted by atomic mass is 32.2. The number of nitrogens with one attached hydrogen (secondary N) is 1. The topological polar surface area (TPSA) is 12.0 Å². The van der Waals surface area contributed by atoms with E-state index in [1.54, 1.807) is 12.1 Å². The number of hydrogen-bond acceptors (Lipinski definition) is 2.